The van der Waals surface area contributed by atoms with Gasteiger partial charge in [0, 0.05) is 13.1 Å². The fourth-order valence-electron chi connectivity index (χ4n) is 3.17. The van der Waals surface area contributed by atoms with Crippen LogP contribution in [0.25, 0.3) is 0 Å². The van der Waals surface area contributed by atoms with Crippen LogP contribution in [0.4, 0.5) is 0 Å². The van der Waals surface area contributed by atoms with E-state index in [2.05, 4.69) is 19.1 Å². The number of rotatable bonds is 7. The van der Waals surface area contributed by atoms with Gasteiger partial charge in [-0.1, -0.05) is 53.6 Å². The van der Waals surface area contributed by atoms with Gasteiger partial charge in [0.2, 0.25) is 0 Å². The van der Waals surface area contributed by atoms with E-state index in [9.17, 15) is 4.79 Å². The maximum absolute atomic E-state index is 12.8. The Morgan fingerprint density at radius 1 is 1.29 bits per heavy atom. The predicted octanol–water partition coefficient (Wildman–Crippen LogP) is 3.86. The molecule has 0 saturated carbocycles. The van der Waals surface area contributed by atoms with Crippen LogP contribution in [0, 0.1) is 6.92 Å². The Bertz CT molecular complexity index is 798. The van der Waals surface area contributed by atoms with Crippen LogP contribution in [-0.4, -0.2) is 49.3 Å². The lowest BCUT2D eigenvalue weighted by molar-refractivity contribution is -0.148. The second-order valence-electron chi connectivity index (χ2n) is 6.97. The quantitative estimate of drug-likeness (QED) is 0.704. The molecule has 1 aliphatic rings. The zero-order valence-electron chi connectivity index (χ0n) is 16.3. The lowest BCUT2D eigenvalue weighted by Crippen LogP contribution is -2.50. The minimum Gasteiger partial charge on any atom is -0.479 e. The number of carbonyl (C=O) groups excluding carboxylic acids is 1. The number of halogens is 1. The van der Waals surface area contributed by atoms with Crippen LogP contribution in [0.5, 0.6) is 5.75 Å². The average molecular weight is 404 g/mol. The van der Waals surface area contributed by atoms with Crippen molar-refractivity contribution < 1.29 is 19.0 Å². The standard InChI is InChI=1S/C22H26ClNO4/c1-16-6-5-7-18(12-16)14-26-15-19-13-24(10-11-27-19)22(25)17(2)28-21-9-4-3-8-20(21)23/h3-9,12,17,19H,10-11,13-15H2,1-2H3/t17-,19-/m0/s1. The number of aryl methyl sites for hydroxylation is 1. The molecule has 28 heavy (non-hydrogen) atoms. The Morgan fingerprint density at radius 3 is 2.89 bits per heavy atom. The molecule has 0 radical (unpaired) electrons. The average Bonchev–Trinajstić information content (AvgIpc) is 2.69. The number of morpholine rings is 1. The number of para-hydroxylation sites is 1. The number of hydrogen-bond donors (Lipinski definition) is 0. The fraction of sp³-hybridized carbons (Fsp3) is 0.409. The van der Waals surface area contributed by atoms with Gasteiger partial charge in [0.05, 0.1) is 30.9 Å². The molecule has 1 saturated heterocycles. The van der Waals surface area contributed by atoms with Gasteiger partial charge in [-0.3, -0.25) is 4.79 Å². The molecule has 0 bridgehead atoms. The van der Waals surface area contributed by atoms with E-state index in [1.807, 2.05) is 24.3 Å². The first-order valence-corrected chi connectivity index (χ1v) is 9.85. The van der Waals surface area contributed by atoms with Crippen LogP contribution in [0.3, 0.4) is 0 Å². The second kappa shape index (κ2) is 9.92. The highest BCUT2D eigenvalue weighted by Crippen LogP contribution is 2.24. The number of benzene rings is 2. The first-order chi connectivity index (χ1) is 13.5. The smallest absolute Gasteiger partial charge is 0.263 e. The fourth-order valence-corrected chi connectivity index (χ4v) is 3.35. The third kappa shape index (κ3) is 5.71. The van der Waals surface area contributed by atoms with Gasteiger partial charge >= 0.3 is 0 Å². The van der Waals surface area contributed by atoms with Crippen LogP contribution in [-0.2, 0) is 20.9 Å². The lowest BCUT2D eigenvalue weighted by atomic mass is 10.1. The molecule has 1 heterocycles. The molecule has 0 spiro atoms. The molecular weight excluding hydrogens is 378 g/mol. The summed E-state index contributed by atoms with van der Waals surface area (Å²) in [6.45, 7) is 6.29. The molecule has 1 amide bonds. The zero-order chi connectivity index (χ0) is 19.9. The van der Waals surface area contributed by atoms with Crippen LogP contribution >= 0.6 is 11.6 Å². The number of amides is 1. The Balaban J connectivity index is 1.48. The topological polar surface area (TPSA) is 48.0 Å². The number of carbonyl (C=O) groups is 1. The van der Waals surface area contributed by atoms with E-state index >= 15 is 0 Å². The van der Waals surface area contributed by atoms with Gasteiger partial charge in [0.15, 0.2) is 6.10 Å². The molecule has 0 aromatic heterocycles. The van der Waals surface area contributed by atoms with Gasteiger partial charge in [-0.2, -0.15) is 0 Å². The van der Waals surface area contributed by atoms with Crippen molar-refractivity contribution in [2.24, 2.45) is 0 Å². The van der Waals surface area contributed by atoms with Crippen molar-refractivity contribution in [1.82, 2.24) is 4.90 Å². The van der Waals surface area contributed by atoms with Crippen molar-refractivity contribution in [2.75, 3.05) is 26.3 Å². The van der Waals surface area contributed by atoms with Crippen LogP contribution in [0.1, 0.15) is 18.1 Å². The highest BCUT2D eigenvalue weighted by molar-refractivity contribution is 6.32. The molecule has 1 aliphatic heterocycles. The molecule has 3 rings (SSSR count). The summed E-state index contributed by atoms with van der Waals surface area (Å²) in [5.41, 5.74) is 2.34. The Hall–Kier alpha value is -2.08. The molecule has 0 aliphatic carbocycles. The van der Waals surface area contributed by atoms with Crippen molar-refractivity contribution in [3.63, 3.8) is 0 Å². The Labute approximate surface area is 171 Å². The third-order valence-electron chi connectivity index (χ3n) is 4.59. The van der Waals surface area contributed by atoms with Crippen LogP contribution in [0.2, 0.25) is 5.02 Å². The number of nitrogens with zero attached hydrogens (tertiary/aromatic N) is 1. The maximum atomic E-state index is 12.8. The highest BCUT2D eigenvalue weighted by Gasteiger charge is 2.28. The predicted molar refractivity (Wildman–Crippen MR) is 109 cm³/mol. The van der Waals surface area contributed by atoms with Crippen molar-refractivity contribution in [2.45, 2.75) is 32.7 Å². The molecule has 0 unspecified atom stereocenters. The summed E-state index contributed by atoms with van der Waals surface area (Å²) in [5.74, 6) is 0.434. The summed E-state index contributed by atoms with van der Waals surface area (Å²) in [5, 5.41) is 0.492. The molecule has 1 fully saturated rings. The minimum absolute atomic E-state index is 0.0769. The summed E-state index contributed by atoms with van der Waals surface area (Å²) in [7, 11) is 0. The molecule has 0 N–H and O–H groups in total. The van der Waals surface area contributed by atoms with Gasteiger partial charge in [-0.25, -0.2) is 0 Å². The number of hydrogen-bond acceptors (Lipinski definition) is 4. The first-order valence-electron chi connectivity index (χ1n) is 9.48. The minimum atomic E-state index is -0.619. The van der Waals surface area contributed by atoms with E-state index in [4.69, 9.17) is 25.8 Å². The monoisotopic (exact) mass is 403 g/mol. The molecule has 2 aromatic carbocycles. The first kappa shape index (κ1) is 20.6. The summed E-state index contributed by atoms with van der Waals surface area (Å²) < 4.78 is 17.3. The largest absolute Gasteiger partial charge is 0.479 e. The van der Waals surface area contributed by atoms with Gasteiger partial charge in [-0.05, 0) is 31.5 Å². The third-order valence-corrected chi connectivity index (χ3v) is 4.91. The van der Waals surface area contributed by atoms with Crippen LogP contribution < -0.4 is 4.74 Å². The van der Waals surface area contributed by atoms with E-state index in [1.165, 1.54) is 5.56 Å². The lowest BCUT2D eigenvalue weighted by Gasteiger charge is -2.34. The molecular formula is C22H26ClNO4. The van der Waals surface area contributed by atoms with Crippen molar-refractivity contribution in [3.05, 3.63) is 64.7 Å². The van der Waals surface area contributed by atoms with E-state index < -0.39 is 6.10 Å². The van der Waals surface area contributed by atoms with Crippen LogP contribution in [0.15, 0.2) is 48.5 Å². The molecule has 150 valence electrons. The summed E-state index contributed by atoms with van der Waals surface area (Å²) >= 11 is 6.11. The van der Waals surface area contributed by atoms with Crippen molar-refractivity contribution in [3.8, 4) is 5.75 Å². The molecule has 2 atom stereocenters. The van der Waals surface area contributed by atoms with Crippen molar-refractivity contribution >= 4 is 17.5 Å². The van der Waals surface area contributed by atoms with E-state index in [0.717, 1.165) is 5.56 Å². The van der Waals surface area contributed by atoms with Gasteiger partial charge in [-0.15, -0.1) is 0 Å². The van der Waals surface area contributed by atoms with E-state index in [-0.39, 0.29) is 12.0 Å². The zero-order valence-corrected chi connectivity index (χ0v) is 17.0. The summed E-state index contributed by atoms with van der Waals surface area (Å²) in [6, 6.07) is 15.4. The Kier molecular flexibility index (Phi) is 7.31. The van der Waals surface area contributed by atoms with Gasteiger partial charge in [0.1, 0.15) is 5.75 Å². The summed E-state index contributed by atoms with van der Waals surface area (Å²) in [4.78, 5) is 14.5. The van der Waals surface area contributed by atoms with E-state index in [0.29, 0.717) is 43.7 Å². The molecule has 6 heteroatoms. The normalized spacial score (nSPS) is 18.0. The van der Waals surface area contributed by atoms with E-state index in [1.54, 1.807) is 24.0 Å². The second-order valence-corrected chi connectivity index (χ2v) is 7.38. The summed E-state index contributed by atoms with van der Waals surface area (Å²) in [6.07, 6.45) is -0.762. The van der Waals surface area contributed by atoms with Crippen molar-refractivity contribution in [1.29, 1.82) is 0 Å². The Morgan fingerprint density at radius 2 is 2.11 bits per heavy atom. The SMILES string of the molecule is Cc1cccc(COC[C@@H]2CN(C(=O)[C@H](C)Oc3ccccc3Cl)CCO2)c1. The molecule has 5 nitrogen and oxygen atoms in total. The van der Waals surface area contributed by atoms with Gasteiger partial charge < -0.3 is 19.1 Å². The highest BCUT2D eigenvalue weighted by atomic mass is 35.5. The molecule has 2 aromatic rings. The number of ether oxygens (including phenoxy) is 3. The van der Waals surface area contributed by atoms with Gasteiger partial charge in [0.25, 0.3) is 5.91 Å². The maximum Gasteiger partial charge on any atom is 0.263 e.